The quantitative estimate of drug-likeness (QED) is 0.368. The average molecular weight is 439 g/mol. The number of carbonyl (C=O) groups is 1. The van der Waals surface area contributed by atoms with Gasteiger partial charge < -0.3 is 5.32 Å². The SMILES string of the molecule is C=CC(=O)C1CCC[C@@H](Nc2ncc(-c3ccc(C(F)(F)F)cc3)c3ncccc23)CC1. The molecule has 0 bridgehead atoms. The number of allylic oxidation sites excluding steroid dienone is 1. The van der Waals surface area contributed by atoms with Crippen molar-refractivity contribution in [1.29, 1.82) is 0 Å². The van der Waals surface area contributed by atoms with Crippen LogP contribution in [0, 0.1) is 5.92 Å². The summed E-state index contributed by atoms with van der Waals surface area (Å²) in [6, 6.07) is 8.95. The third kappa shape index (κ3) is 4.66. The van der Waals surface area contributed by atoms with E-state index in [1.165, 1.54) is 18.2 Å². The van der Waals surface area contributed by atoms with Crippen molar-refractivity contribution in [2.75, 3.05) is 5.32 Å². The molecule has 1 aliphatic rings. The van der Waals surface area contributed by atoms with Crippen LogP contribution in [-0.4, -0.2) is 21.8 Å². The molecule has 0 amide bonds. The van der Waals surface area contributed by atoms with Crippen LogP contribution in [0.5, 0.6) is 0 Å². The number of hydrogen-bond donors (Lipinski definition) is 1. The number of aromatic nitrogens is 2. The number of halogens is 3. The van der Waals surface area contributed by atoms with Gasteiger partial charge in [0, 0.05) is 35.3 Å². The Morgan fingerprint density at radius 3 is 2.56 bits per heavy atom. The van der Waals surface area contributed by atoms with Crippen molar-refractivity contribution in [3.63, 3.8) is 0 Å². The molecule has 32 heavy (non-hydrogen) atoms. The minimum absolute atomic E-state index is 0.0349. The number of nitrogens with one attached hydrogen (secondary N) is 1. The number of carbonyl (C=O) groups excluding carboxylic acids is 1. The molecule has 1 aliphatic carbocycles. The van der Waals surface area contributed by atoms with E-state index in [1.54, 1.807) is 12.4 Å². The first-order valence-corrected chi connectivity index (χ1v) is 10.7. The summed E-state index contributed by atoms with van der Waals surface area (Å²) >= 11 is 0. The van der Waals surface area contributed by atoms with E-state index in [4.69, 9.17) is 0 Å². The summed E-state index contributed by atoms with van der Waals surface area (Å²) in [7, 11) is 0. The molecule has 4 rings (SSSR count). The van der Waals surface area contributed by atoms with E-state index in [0.717, 1.165) is 49.6 Å². The highest BCUT2D eigenvalue weighted by Crippen LogP contribution is 2.34. The molecule has 4 nitrogen and oxygen atoms in total. The second kappa shape index (κ2) is 9.10. The number of alkyl halides is 3. The Hall–Kier alpha value is -3.22. The summed E-state index contributed by atoms with van der Waals surface area (Å²) in [5.41, 5.74) is 1.29. The largest absolute Gasteiger partial charge is 0.416 e. The Morgan fingerprint density at radius 2 is 1.84 bits per heavy atom. The molecular weight excluding hydrogens is 415 g/mol. The Kier molecular flexibility index (Phi) is 6.26. The minimum Gasteiger partial charge on any atom is -0.367 e. The molecule has 1 fully saturated rings. The zero-order valence-electron chi connectivity index (χ0n) is 17.5. The maximum atomic E-state index is 12.9. The minimum atomic E-state index is -4.38. The molecule has 2 heterocycles. The van der Waals surface area contributed by atoms with Crippen LogP contribution in [0.4, 0.5) is 19.0 Å². The lowest BCUT2D eigenvalue weighted by atomic mass is 9.95. The van der Waals surface area contributed by atoms with Crippen LogP contribution in [0.2, 0.25) is 0 Å². The van der Waals surface area contributed by atoms with Gasteiger partial charge in [-0.05, 0) is 61.6 Å². The van der Waals surface area contributed by atoms with Gasteiger partial charge in [0.25, 0.3) is 0 Å². The van der Waals surface area contributed by atoms with Gasteiger partial charge in [-0.3, -0.25) is 9.78 Å². The first-order chi connectivity index (χ1) is 15.4. The first kappa shape index (κ1) is 22.0. The summed E-state index contributed by atoms with van der Waals surface area (Å²) in [5.74, 6) is 0.842. The van der Waals surface area contributed by atoms with Crippen LogP contribution in [0.1, 0.15) is 37.7 Å². The van der Waals surface area contributed by atoms with Crippen LogP contribution in [-0.2, 0) is 11.0 Å². The average Bonchev–Trinajstić information content (AvgIpc) is 3.04. The standard InChI is InChI=1S/C25H24F3N3O/c1-2-22(32)17-5-3-6-19(13-10-17)31-24-20-7-4-14-29-23(20)21(15-30-24)16-8-11-18(12-9-16)25(26,27)28/h2,4,7-9,11-12,14-15,17,19H,1,3,5-6,10,13H2,(H,30,31)/t17?,19-/m1/s1. The highest BCUT2D eigenvalue weighted by molar-refractivity contribution is 5.99. The molecule has 1 saturated carbocycles. The van der Waals surface area contributed by atoms with Crippen molar-refractivity contribution >= 4 is 22.5 Å². The van der Waals surface area contributed by atoms with Crippen LogP contribution in [0.3, 0.4) is 0 Å². The smallest absolute Gasteiger partial charge is 0.367 e. The molecule has 1 unspecified atom stereocenters. The van der Waals surface area contributed by atoms with Gasteiger partial charge >= 0.3 is 6.18 Å². The molecule has 2 atom stereocenters. The Balaban J connectivity index is 1.60. The van der Waals surface area contributed by atoms with Gasteiger partial charge in [0.15, 0.2) is 5.78 Å². The molecule has 0 saturated heterocycles. The number of anilines is 1. The summed E-state index contributed by atoms with van der Waals surface area (Å²) in [5, 5.41) is 4.32. The van der Waals surface area contributed by atoms with Crippen molar-refractivity contribution in [3.05, 3.63) is 67.0 Å². The van der Waals surface area contributed by atoms with Gasteiger partial charge in [-0.1, -0.05) is 25.1 Å². The van der Waals surface area contributed by atoms with E-state index < -0.39 is 11.7 Å². The van der Waals surface area contributed by atoms with Crippen LogP contribution >= 0.6 is 0 Å². The van der Waals surface area contributed by atoms with Gasteiger partial charge in [-0.25, -0.2) is 4.98 Å². The van der Waals surface area contributed by atoms with Crippen molar-refractivity contribution in [2.24, 2.45) is 5.92 Å². The second-order valence-corrected chi connectivity index (χ2v) is 8.15. The van der Waals surface area contributed by atoms with E-state index in [-0.39, 0.29) is 17.7 Å². The van der Waals surface area contributed by atoms with Crippen molar-refractivity contribution in [3.8, 4) is 11.1 Å². The predicted octanol–water partition coefficient (Wildman–Crippen LogP) is 6.43. The third-order valence-electron chi connectivity index (χ3n) is 6.08. The number of benzene rings is 1. The predicted molar refractivity (Wildman–Crippen MR) is 119 cm³/mol. The molecule has 2 aromatic heterocycles. The Morgan fingerprint density at radius 1 is 1.06 bits per heavy atom. The molecule has 7 heteroatoms. The number of hydrogen-bond acceptors (Lipinski definition) is 4. The zero-order valence-corrected chi connectivity index (χ0v) is 17.5. The molecule has 0 radical (unpaired) electrons. The van der Waals surface area contributed by atoms with Gasteiger partial charge in [0.2, 0.25) is 0 Å². The Labute approximate surface area is 184 Å². The van der Waals surface area contributed by atoms with Gasteiger partial charge in [-0.2, -0.15) is 13.2 Å². The van der Waals surface area contributed by atoms with E-state index in [0.29, 0.717) is 22.5 Å². The summed E-state index contributed by atoms with van der Waals surface area (Å²) in [6.45, 7) is 3.60. The molecular formula is C25H24F3N3O. The maximum absolute atomic E-state index is 12.9. The fourth-order valence-corrected chi connectivity index (χ4v) is 4.33. The molecule has 1 aromatic carbocycles. The van der Waals surface area contributed by atoms with Crippen LogP contribution in [0.25, 0.3) is 22.0 Å². The van der Waals surface area contributed by atoms with Gasteiger partial charge in [0.1, 0.15) is 5.82 Å². The fraction of sp³-hybridized carbons (Fsp3) is 0.320. The molecule has 0 aliphatic heterocycles. The molecule has 0 spiro atoms. The number of nitrogens with zero attached hydrogens (tertiary/aromatic N) is 2. The Bertz CT molecular complexity index is 1130. The molecule has 1 N–H and O–H groups in total. The van der Waals surface area contributed by atoms with Crippen molar-refractivity contribution in [2.45, 2.75) is 44.3 Å². The second-order valence-electron chi connectivity index (χ2n) is 8.15. The van der Waals surface area contributed by atoms with Crippen molar-refractivity contribution < 1.29 is 18.0 Å². The van der Waals surface area contributed by atoms with Crippen LogP contribution < -0.4 is 5.32 Å². The van der Waals surface area contributed by atoms with Crippen molar-refractivity contribution in [1.82, 2.24) is 9.97 Å². The summed E-state index contributed by atoms with van der Waals surface area (Å²) in [6.07, 6.45) is 4.77. The number of fused-ring (bicyclic) bond motifs is 1. The number of rotatable bonds is 5. The first-order valence-electron chi connectivity index (χ1n) is 10.7. The van der Waals surface area contributed by atoms with Gasteiger partial charge in [-0.15, -0.1) is 0 Å². The molecule has 166 valence electrons. The van der Waals surface area contributed by atoms with Crippen LogP contribution in [0.15, 0.2) is 61.4 Å². The van der Waals surface area contributed by atoms with E-state index in [9.17, 15) is 18.0 Å². The van der Waals surface area contributed by atoms with Gasteiger partial charge in [0.05, 0.1) is 11.1 Å². The molecule has 3 aromatic rings. The lowest BCUT2D eigenvalue weighted by Crippen LogP contribution is -2.20. The normalized spacial score (nSPS) is 19.3. The zero-order chi connectivity index (χ0) is 22.7. The number of pyridine rings is 2. The third-order valence-corrected chi connectivity index (χ3v) is 6.08. The lowest BCUT2D eigenvalue weighted by molar-refractivity contribution is -0.137. The lowest BCUT2D eigenvalue weighted by Gasteiger charge is -2.19. The highest BCUT2D eigenvalue weighted by Gasteiger charge is 2.30. The fourth-order valence-electron chi connectivity index (χ4n) is 4.33. The topological polar surface area (TPSA) is 54.9 Å². The maximum Gasteiger partial charge on any atom is 0.416 e. The van der Waals surface area contributed by atoms with E-state index in [2.05, 4.69) is 21.9 Å². The highest BCUT2D eigenvalue weighted by atomic mass is 19.4. The summed E-state index contributed by atoms with van der Waals surface area (Å²) in [4.78, 5) is 21.1. The van der Waals surface area contributed by atoms with E-state index >= 15 is 0 Å². The monoisotopic (exact) mass is 439 g/mol. The summed E-state index contributed by atoms with van der Waals surface area (Å²) < 4.78 is 38.7. The van der Waals surface area contributed by atoms with E-state index in [1.807, 2.05) is 12.1 Å². The number of ketones is 1.